The van der Waals surface area contributed by atoms with Crippen molar-refractivity contribution in [3.8, 4) is 5.88 Å². The van der Waals surface area contributed by atoms with Crippen molar-refractivity contribution in [3.05, 3.63) is 23.9 Å². The first-order valence-electron chi connectivity index (χ1n) is 6.83. The Hall–Kier alpha value is -2.15. The van der Waals surface area contributed by atoms with Gasteiger partial charge in [0.1, 0.15) is 12.6 Å². The summed E-state index contributed by atoms with van der Waals surface area (Å²) in [6.45, 7) is 3.08. The van der Waals surface area contributed by atoms with Gasteiger partial charge in [-0.2, -0.15) is 0 Å². The molecule has 0 saturated carbocycles. The number of aromatic nitrogens is 1. The van der Waals surface area contributed by atoms with Crippen molar-refractivity contribution in [2.24, 2.45) is 0 Å². The lowest BCUT2D eigenvalue weighted by Crippen LogP contribution is -2.30. The molecule has 1 amide bonds. The Labute approximate surface area is 122 Å². The van der Waals surface area contributed by atoms with E-state index in [0.29, 0.717) is 24.7 Å². The molecule has 7 nitrogen and oxygen atoms in total. The number of hydrogen-bond acceptors (Lipinski definition) is 6. The molecule has 0 unspecified atom stereocenters. The highest BCUT2D eigenvalue weighted by atomic mass is 16.5. The van der Waals surface area contributed by atoms with E-state index >= 15 is 0 Å². The second-order valence-corrected chi connectivity index (χ2v) is 4.48. The van der Waals surface area contributed by atoms with Crippen LogP contribution in [-0.2, 0) is 14.3 Å². The van der Waals surface area contributed by atoms with E-state index in [-0.39, 0.29) is 25.2 Å². The molecule has 0 aliphatic carbocycles. The number of nitrogens with zero attached hydrogens (tertiary/aromatic N) is 1. The number of carbonyl (C=O) groups excluding carboxylic acids is 2. The van der Waals surface area contributed by atoms with Gasteiger partial charge in [0.15, 0.2) is 0 Å². The summed E-state index contributed by atoms with van der Waals surface area (Å²) in [7, 11) is 0. The molecule has 1 fully saturated rings. The Balaban J connectivity index is 1.83. The van der Waals surface area contributed by atoms with Crippen LogP contribution in [0.4, 0.5) is 0 Å². The highest BCUT2D eigenvalue weighted by molar-refractivity contribution is 5.95. The fourth-order valence-electron chi connectivity index (χ4n) is 1.83. The normalized spacial score (nSPS) is 17.3. The minimum atomic E-state index is -0.472. The maximum Gasteiger partial charge on any atom is 0.325 e. The number of amides is 1. The van der Waals surface area contributed by atoms with Crippen LogP contribution in [0.2, 0.25) is 0 Å². The zero-order valence-electron chi connectivity index (χ0n) is 11.8. The van der Waals surface area contributed by atoms with Crippen LogP contribution in [0.25, 0.3) is 0 Å². The van der Waals surface area contributed by atoms with Gasteiger partial charge in [0.25, 0.3) is 5.91 Å². The molecule has 1 aliphatic rings. The van der Waals surface area contributed by atoms with E-state index in [2.05, 4.69) is 10.3 Å². The third kappa shape index (κ3) is 4.71. The van der Waals surface area contributed by atoms with Crippen LogP contribution in [-0.4, -0.2) is 49.3 Å². The summed E-state index contributed by atoms with van der Waals surface area (Å²) in [5, 5.41) is 2.46. The van der Waals surface area contributed by atoms with Crippen LogP contribution in [0.3, 0.4) is 0 Å². The second kappa shape index (κ2) is 7.58. The Bertz CT molecular complexity index is 483. The predicted molar refractivity (Wildman–Crippen MR) is 73.1 cm³/mol. The SMILES string of the molecule is CCOC(=O)CNC(=O)c1ccc(O[C@H]2CCOC2)nc1. The molecule has 1 atom stereocenters. The minimum Gasteiger partial charge on any atom is -0.472 e. The second-order valence-electron chi connectivity index (χ2n) is 4.48. The molecule has 1 N–H and O–H groups in total. The molecule has 21 heavy (non-hydrogen) atoms. The highest BCUT2D eigenvalue weighted by Gasteiger charge is 2.18. The largest absolute Gasteiger partial charge is 0.472 e. The summed E-state index contributed by atoms with van der Waals surface area (Å²) in [5.74, 6) is -0.404. The summed E-state index contributed by atoms with van der Waals surface area (Å²) < 4.78 is 15.5. The number of esters is 1. The molecule has 1 aromatic heterocycles. The smallest absolute Gasteiger partial charge is 0.325 e. The monoisotopic (exact) mass is 294 g/mol. The zero-order chi connectivity index (χ0) is 15.1. The van der Waals surface area contributed by atoms with Crippen molar-refractivity contribution in [1.82, 2.24) is 10.3 Å². The van der Waals surface area contributed by atoms with E-state index in [1.807, 2.05) is 0 Å². The van der Waals surface area contributed by atoms with Crippen LogP contribution in [0.15, 0.2) is 18.3 Å². The number of rotatable bonds is 6. The molecule has 114 valence electrons. The Kier molecular flexibility index (Phi) is 5.51. The van der Waals surface area contributed by atoms with Crippen molar-refractivity contribution in [1.29, 1.82) is 0 Å². The van der Waals surface area contributed by atoms with E-state index in [1.54, 1.807) is 19.1 Å². The molecule has 0 bridgehead atoms. The molecule has 7 heteroatoms. The first kappa shape index (κ1) is 15.2. The molecule has 0 aromatic carbocycles. The summed E-state index contributed by atoms with van der Waals surface area (Å²) >= 11 is 0. The van der Waals surface area contributed by atoms with Gasteiger partial charge in [0.05, 0.1) is 25.4 Å². The number of nitrogens with one attached hydrogen (secondary N) is 1. The van der Waals surface area contributed by atoms with Gasteiger partial charge < -0.3 is 19.5 Å². The molecule has 2 heterocycles. The first-order valence-corrected chi connectivity index (χ1v) is 6.83. The van der Waals surface area contributed by atoms with Crippen LogP contribution >= 0.6 is 0 Å². The minimum absolute atomic E-state index is 0.0148. The number of ether oxygens (including phenoxy) is 3. The van der Waals surface area contributed by atoms with Gasteiger partial charge in [-0.25, -0.2) is 4.98 Å². The van der Waals surface area contributed by atoms with E-state index < -0.39 is 5.97 Å². The highest BCUT2D eigenvalue weighted by Crippen LogP contribution is 2.14. The predicted octanol–water partition coefficient (Wildman–Crippen LogP) is 0.542. The Morgan fingerprint density at radius 3 is 2.95 bits per heavy atom. The van der Waals surface area contributed by atoms with Crippen molar-refractivity contribution < 1.29 is 23.8 Å². The van der Waals surface area contributed by atoms with Crippen molar-refractivity contribution in [2.75, 3.05) is 26.4 Å². The summed E-state index contributed by atoms with van der Waals surface area (Å²) in [6.07, 6.45) is 2.26. The van der Waals surface area contributed by atoms with Crippen LogP contribution in [0, 0.1) is 0 Å². The van der Waals surface area contributed by atoms with Crippen molar-refractivity contribution >= 4 is 11.9 Å². The molecular weight excluding hydrogens is 276 g/mol. The zero-order valence-corrected chi connectivity index (χ0v) is 11.8. The molecular formula is C14H18N2O5. The van der Waals surface area contributed by atoms with Gasteiger partial charge in [0.2, 0.25) is 5.88 Å². The third-order valence-corrected chi connectivity index (χ3v) is 2.87. The number of carbonyl (C=O) groups is 2. The van der Waals surface area contributed by atoms with Crippen LogP contribution < -0.4 is 10.1 Å². The van der Waals surface area contributed by atoms with E-state index in [9.17, 15) is 9.59 Å². The maximum atomic E-state index is 11.8. The van der Waals surface area contributed by atoms with Crippen LogP contribution in [0.1, 0.15) is 23.7 Å². The summed E-state index contributed by atoms with van der Waals surface area (Å²) in [5.41, 5.74) is 0.356. The van der Waals surface area contributed by atoms with Crippen molar-refractivity contribution in [3.63, 3.8) is 0 Å². The molecule has 1 saturated heterocycles. The lowest BCUT2D eigenvalue weighted by atomic mass is 10.2. The Morgan fingerprint density at radius 2 is 2.33 bits per heavy atom. The topological polar surface area (TPSA) is 86.8 Å². The number of pyridine rings is 1. The Morgan fingerprint density at radius 1 is 1.48 bits per heavy atom. The van der Waals surface area contributed by atoms with Gasteiger partial charge >= 0.3 is 5.97 Å². The molecule has 0 radical (unpaired) electrons. The lowest BCUT2D eigenvalue weighted by Gasteiger charge is -2.10. The molecule has 1 aromatic rings. The van der Waals surface area contributed by atoms with Crippen LogP contribution in [0.5, 0.6) is 5.88 Å². The van der Waals surface area contributed by atoms with E-state index in [0.717, 1.165) is 6.42 Å². The molecule has 2 rings (SSSR count). The average molecular weight is 294 g/mol. The molecule has 1 aliphatic heterocycles. The average Bonchev–Trinajstić information content (AvgIpc) is 2.99. The van der Waals surface area contributed by atoms with Gasteiger partial charge in [-0.05, 0) is 13.0 Å². The van der Waals surface area contributed by atoms with Gasteiger partial charge in [-0.3, -0.25) is 9.59 Å². The summed E-state index contributed by atoms with van der Waals surface area (Å²) in [4.78, 5) is 27.0. The van der Waals surface area contributed by atoms with E-state index in [4.69, 9.17) is 14.2 Å². The van der Waals surface area contributed by atoms with Crippen molar-refractivity contribution in [2.45, 2.75) is 19.4 Å². The van der Waals surface area contributed by atoms with E-state index in [1.165, 1.54) is 6.20 Å². The quantitative estimate of drug-likeness (QED) is 0.771. The fourth-order valence-corrected chi connectivity index (χ4v) is 1.83. The molecule has 0 spiro atoms. The lowest BCUT2D eigenvalue weighted by molar-refractivity contribution is -0.141. The summed E-state index contributed by atoms with van der Waals surface area (Å²) in [6, 6.07) is 3.22. The van der Waals surface area contributed by atoms with Gasteiger partial charge in [-0.15, -0.1) is 0 Å². The fraction of sp³-hybridized carbons (Fsp3) is 0.500. The van der Waals surface area contributed by atoms with Gasteiger partial charge in [-0.1, -0.05) is 0 Å². The number of hydrogen-bond donors (Lipinski definition) is 1. The van der Waals surface area contributed by atoms with Gasteiger partial charge in [0, 0.05) is 18.7 Å². The first-order chi connectivity index (χ1) is 10.2. The maximum absolute atomic E-state index is 11.8. The standard InChI is InChI=1S/C14H18N2O5/c1-2-20-13(17)8-16-14(18)10-3-4-12(15-7-10)21-11-5-6-19-9-11/h3-4,7,11H,2,5-6,8-9H2,1H3,(H,16,18)/t11-/m0/s1. The third-order valence-electron chi connectivity index (χ3n) is 2.87.